The van der Waals surface area contributed by atoms with Gasteiger partial charge in [-0.25, -0.2) is 18.0 Å². The van der Waals surface area contributed by atoms with Gasteiger partial charge in [0, 0.05) is 72.4 Å². The first-order valence-electron chi connectivity index (χ1n) is 21.0. The summed E-state index contributed by atoms with van der Waals surface area (Å²) in [5.74, 6) is -4.56. The zero-order valence-electron chi connectivity index (χ0n) is 37.5. The smallest absolute Gasteiger partial charge is 0.748 e. The summed E-state index contributed by atoms with van der Waals surface area (Å²) >= 11 is 0. The van der Waals surface area contributed by atoms with E-state index >= 15 is 0 Å². The summed E-state index contributed by atoms with van der Waals surface area (Å²) in [7, 11) is -9.10. The molecule has 6 rings (SSSR count). The third-order valence-electron chi connectivity index (χ3n) is 11.8. The first-order valence-corrected chi connectivity index (χ1v) is 24.1. The van der Waals surface area contributed by atoms with Gasteiger partial charge in [-0.15, -0.1) is 10.1 Å². The van der Waals surface area contributed by atoms with E-state index in [1.165, 1.54) is 4.90 Å². The molecule has 0 saturated carbocycles. The largest absolute Gasteiger partial charge is 1.00 e. The van der Waals surface area contributed by atoms with Crippen LogP contribution in [0.5, 0.6) is 0 Å². The molecule has 0 aliphatic carbocycles. The van der Waals surface area contributed by atoms with Gasteiger partial charge < -0.3 is 26.1 Å². The van der Waals surface area contributed by atoms with E-state index < -0.39 is 77.8 Å². The summed E-state index contributed by atoms with van der Waals surface area (Å²) in [5.41, 5.74) is 3.46. The molecule has 4 aliphatic heterocycles. The van der Waals surface area contributed by atoms with Crippen LogP contribution in [0, 0.1) is 6.92 Å². The van der Waals surface area contributed by atoms with E-state index in [1.54, 1.807) is 48.6 Å². The number of hydrogen-bond donors (Lipinski definition) is 1. The quantitative estimate of drug-likeness (QED) is 0.0421. The molecule has 4 amide bonds. The summed E-state index contributed by atoms with van der Waals surface area (Å²) in [6.45, 7) is 11.8. The van der Waals surface area contributed by atoms with Gasteiger partial charge in [-0.1, -0.05) is 50.3 Å². The van der Waals surface area contributed by atoms with Gasteiger partial charge in [-0.05, 0) is 61.6 Å². The maximum absolute atomic E-state index is 12.9. The van der Waals surface area contributed by atoms with E-state index in [2.05, 4.69) is 6.92 Å². The number of unbranched alkanes of at least 4 members (excludes halogenated alkanes) is 1. The number of imide groups is 2. The third-order valence-corrected chi connectivity index (χ3v) is 13.7. The maximum atomic E-state index is 12.9. The molecule has 2 saturated heterocycles. The Morgan fingerprint density at radius 1 is 0.803 bits per heavy atom. The predicted octanol–water partition coefficient (Wildman–Crippen LogP) is 1.31. The van der Waals surface area contributed by atoms with E-state index in [-0.39, 0.29) is 87.3 Å². The second-order valence-corrected chi connectivity index (χ2v) is 20.3. The van der Waals surface area contributed by atoms with Crippen LogP contribution in [0.15, 0.2) is 72.5 Å². The molecule has 1 unspecified atom stereocenters. The van der Waals surface area contributed by atoms with Crippen LogP contribution in [-0.4, -0.2) is 99.6 Å². The molecule has 4 heterocycles. The van der Waals surface area contributed by atoms with E-state index in [9.17, 15) is 54.7 Å². The summed E-state index contributed by atoms with van der Waals surface area (Å²) in [6.07, 6.45) is 8.71. The molecule has 1 N–H and O–H groups in total. The fraction of sp³-hybridized carbons (Fsp3) is 0.422. The number of anilines is 1. The zero-order chi connectivity index (χ0) is 47.6. The van der Waals surface area contributed by atoms with Gasteiger partial charge >= 0.3 is 41.5 Å². The minimum atomic E-state index is -4.67. The van der Waals surface area contributed by atoms with Gasteiger partial charge in [-0.2, -0.15) is 19.4 Å². The molecule has 0 radical (unpaired) electrons. The van der Waals surface area contributed by atoms with Crippen LogP contribution >= 0.6 is 0 Å². The Balaban J connectivity index is 0.00000817. The zero-order valence-corrected chi connectivity index (χ0v) is 41.1. The SMILES string of the molecule is [CH2-]CCC(N1C(=CC=CC=CC2=[N+](CCCCS(=O)(=O)[O-])c3ccc(CC(=O)ON4C(=O)CCC4=O)cc3C2(C)C)C(C)(C)c2cc(CC(=O)ON3C(=O)CCC3=O)ccc21)S(=O)(=O)O.[Na+]. The number of fused-ring (bicyclic) bond motifs is 2. The average molecular weight is 959 g/mol. The van der Waals surface area contributed by atoms with Crippen molar-refractivity contribution < 1.29 is 98.5 Å². The van der Waals surface area contributed by atoms with Crippen molar-refractivity contribution in [1.29, 1.82) is 0 Å². The Morgan fingerprint density at radius 3 is 1.85 bits per heavy atom. The first-order chi connectivity index (χ1) is 30.4. The van der Waals surface area contributed by atoms with E-state index in [0.29, 0.717) is 51.2 Å². The van der Waals surface area contributed by atoms with Crippen molar-refractivity contribution in [2.75, 3.05) is 17.2 Å². The molecule has 2 aromatic carbocycles. The maximum Gasteiger partial charge on any atom is 1.00 e. The third kappa shape index (κ3) is 11.5. The monoisotopic (exact) mass is 958 g/mol. The van der Waals surface area contributed by atoms with Gasteiger partial charge in [0.05, 0.1) is 28.4 Å². The number of rotatable bonds is 18. The van der Waals surface area contributed by atoms with Crippen LogP contribution in [0.2, 0.25) is 0 Å². The molecule has 21 heteroatoms. The Hall–Kier alpha value is -4.83. The molecule has 0 spiro atoms. The molecular formula is C45H51N4NaO14S2. The molecule has 1 atom stereocenters. The number of allylic oxidation sites excluding steroid dienone is 6. The van der Waals surface area contributed by atoms with Crippen LogP contribution in [0.25, 0.3) is 0 Å². The van der Waals surface area contributed by atoms with Crippen LogP contribution in [0.3, 0.4) is 0 Å². The number of carbonyl (C=O) groups excluding carboxylic acids is 6. The van der Waals surface area contributed by atoms with Crippen molar-refractivity contribution in [2.45, 2.75) is 108 Å². The van der Waals surface area contributed by atoms with Crippen LogP contribution < -0.4 is 34.5 Å². The fourth-order valence-corrected chi connectivity index (χ4v) is 10.1. The standard InChI is InChI=1S/C45H52N4O14S2.Na/c1-6-12-41(65(59,60)61)47-34-18-16-30(28-43(55)63-49-39(52)21-22-40(49)53)26-32(34)45(4,5)36(47)14-9-7-8-13-35-44(2,3)31-25-29(27-42(54)62-48-37(50)19-20-38(48)51)15-17-33(31)46(35)23-10-11-24-64(56,57)58;/h7-9,13-18,25-26,41H,1,6,10-12,19-24,27-28H2,2-5H3,(H,56,57,58)(H,59,60,61);/q;+1/p-1. The van der Waals surface area contributed by atoms with E-state index in [1.807, 2.05) is 50.5 Å². The van der Waals surface area contributed by atoms with Crippen molar-refractivity contribution in [3.8, 4) is 0 Å². The Morgan fingerprint density at radius 2 is 1.33 bits per heavy atom. The number of hydroxylamine groups is 4. The second-order valence-electron chi connectivity index (χ2n) is 17.2. The molecule has 2 aromatic rings. The molecule has 0 bridgehead atoms. The van der Waals surface area contributed by atoms with Crippen molar-refractivity contribution >= 4 is 72.9 Å². The molecule has 348 valence electrons. The van der Waals surface area contributed by atoms with Crippen LogP contribution in [0.1, 0.15) is 101 Å². The number of carbonyl (C=O) groups is 6. The average Bonchev–Trinajstić information content (AvgIpc) is 3.84. The van der Waals surface area contributed by atoms with Gasteiger partial charge in [-0.3, -0.25) is 23.7 Å². The van der Waals surface area contributed by atoms with E-state index in [0.717, 1.165) is 17.0 Å². The van der Waals surface area contributed by atoms with Crippen molar-refractivity contribution in [3.63, 3.8) is 0 Å². The minimum Gasteiger partial charge on any atom is -0.748 e. The topological polar surface area (TPSA) is 245 Å². The number of hydrogen-bond acceptors (Lipinski definition) is 14. The summed E-state index contributed by atoms with van der Waals surface area (Å²) in [6, 6.07) is 10.3. The minimum absolute atomic E-state index is 0. The normalized spacial score (nSPS) is 19.1. The van der Waals surface area contributed by atoms with Crippen molar-refractivity contribution in [2.24, 2.45) is 0 Å². The Kier molecular flexibility index (Phi) is 16.3. The van der Waals surface area contributed by atoms with Crippen molar-refractivity contribution in [1.82, 2.24) is 10.1 Å². The second kappa shape index (κ2) is 20.6. The number of nitrogens with zero attached hydrogens (tertiary/aromatic N) is 4. The molecule has 0 aromatic heterocycles. The Bertz CT molecular complexity index is 2660. The predicted molar refractivity (Wildman–Crippen MR) is 233 cm³/mol. The van der Waals surface area contributed by atoms with Gasteiger partial charge in [0.15, 0.2) is 11.1 Å². The summed E-state index contributed by atoms with van der Waals surface area (Å²) < 4.78 is 72.5. The summed E-state index contributed by atoms with van der Waals surface area (Å²) in [4.78, 5) is 85.3. The molecular weight excluding hydrogens is 908 g/mol. The number of benzene rings is 2. The number of amides is 4. The van der Waals surface area contributed by atoms with E-state index in [4.69, 9.17) is 9.68 Å². The van der Waals surface area contributed by atoms with Crippen LogP contribution in [-0.2, 0) is 82.4 Å². The molecule has 66 heavy (non-hydrogen) atoms. The van der Waals surface area contributed by atoms with Gasteiger partial charge in [0.25, 0.3) is 33.7 Å². The molecule has 18 nitrogen and oxygen atoms in total. The van der Waals surface area contributed by atoms with Gasteiger partial charge in [0.1, 0.15) is 6.54 Å². The molecule has 2 fully saturated rings. The summed E-state index contributed by atoms with van der Waals surface area (Å²) in [5, 5.41) is -0.446. The fourth-order valence-electron chi connectivity index (χ4n) is 8.55. The van der Waals surface area contributed by atoms with Crippen molar-refractivity contribution in [3.05, 3.63) is 102 Å². The van der Waals surface area contributed by atoms with Gasteiger partial charge in [0.2, 0.25) is 5.69 Å². The first kappa shape index (κ1) is 52.1. The molecule has 4 aliphatic rings. The van der Waals surface area contributed by atoms with Crippen LogP contribution in [0.4, 0.5) is 11.4 Å². The Labute approximate surface area is 406 Å².